The van der Waals surface area contributed by atoms with Crippen LogP contribution in [0.2, 0.25) is 0 Å². The van der Waals surface area contributed by atoms with E-state index in [-0.39, 0.29) is 5.91 Å². The molecule has 1 unspecified atom stereocenters. The summed E-state index contributed by atoms with van der Waals surface area (Å²) in [6, 6.07) is 7.73. The first-order valence-electron chi connectivity index (χ1n) is 6.76. The molecule has 1 aliphatic carbocycles. The van der Waals surface area contributed by atoms with E-state index in [9.17, 15) is 4.79 Å². The second-order valence-corrected chi connectivity index (χ2v) is 4.94. The normalized spacial score (nSPS) is 15.7. The van der Waals surface area contributed by atoms with Crippen LogP contribution >= 0.6 is 0 Å². The van der Waals surface area contributed by atoms with E-state index in [4.69, 9.17) is 9.47 Å². The molecular formula is C15H21NO3. The van der Waals surface area contributed by atoms with Crippen LogP contribution in [-0.4, -0.2) is 25.7 Å². The summed E-state index contributed by atoms with van der Waals surface area (Å²) in [4.78, 5) is 11.7. The zero-order valence-corrected chi connectivity index (χ0v) is 11.5. The Bertz CT molecular complexity index is 429. The number of nitrogens with one attached hydrogen (secondary N) is 1. The SMILES string of the molecule is COc1ccccc1OCCC(=O)NC(C)C1CC1. The molecule has 2 rings (SSSR count). The Kier molecular flexibility index (Phi) is 4.66. The number of hydrogen-bond acceptors (Lipinski definition) is 3. The first-order chi connectivity index (χ1) is 9.20. The molecule has 104 valence electrons. The van der Waals surface area contributed by atoms with Crippen molar-refractivity contribution >= 4 is 5.91 Å². The Morgan fingerprint density at radius 3 is 2.68 bits per heavy atom. The molecule has 0 radical (unpaired) electrons. The molecule has 1 aromatic carbocycles. The van der Waals surface area contributed by atoms with Crippen molar-refractivity contribution in [2.75, 3.05) is 13.7 Å². The predicted octanol–water partition coefficient (Wildman–Crippen LogP) is 2.38. The maximum Gasteiger partial charge on any atom is 0.223 e. The van der Waals surface area contributed by atoms with E-state index in [1.165, 1.54) is 12.8 Å². The Hall–Kier alpha value is -1.71. The lowest BCUT2D eigenvalue weighted by molar-refractivity contribution is -0.122. The number of carbonyl (C=O) groups excluding carboxylic acids is 1. The summed E-state index contributed by atoms with van der Waals surface area (Å²) in [7, 11) is 1.60. The fraction of sp³-hybridized carbons (Fsp3) is 0.533. The molecule has 1 aromatic rings. The zero-order chi connectivity index (χ0) is 13.7. The van der Waals surface area contributed by atoms with Gasteiger partial charge in [-0.05, 0) is 37.8 Å². The van der Waals surface area contributed by atoms with Crippen LogP contribution in [0.25, 0.3) is 0 Å². The van der Waals surface area contributed by atoms with Crippen LogP contribution in [0, 0.1) is 5.92 Å². The van der Waals surface area contributed by atoms with Gasteiger partial charge < -0.3 is 14.8 Å². The average Bonchev–Trinajstić information content (AvgIpc) is 3.23. The zero-order valence-electron chi connectivity index (χ0n) is 11.5. The maximum atomic E-state index is 11.7. The third kappa shape index (κ3) is 4.16. The predicted molar refractivity (Wildman–Crippen MR) is 73.4 cm³/mol. The first kappa shape index (κ1) is 13.7. The molecular weight excluding hydrogens is 242 g/mol. The summed E-state index contributed by atoms with van der Waals surface area (Å²) < 4.78 is 10.8. The standard InChI is InChI=1S/C15H21NO3/c1-11(12-7-8-12)16-15(17)9-10-19-14-6-4-3-5-13(14)18-2/h3-6,11-12H,7-10H2,1-2H3,(H,16,17). The molecule has 1 aliphatic rings. The van der Waals surface area contributed by atoms with Crippen molar-refractivity contribution in [2.24, 2.45) is 5.92 Å². The van der Waals surface area contributed by atoms with Gasteiger partial charge in [-0.1, -0.05) is 12.1 Å². The molecule has 0 aliphatic heterocycles. The van der Waals surface area contributed by atoms with Crippen LogP contribution in [0.5, 0.6) is 11.5 Å². The van der Waals surface area contributed by atoms with E-state index < -0.39 is 0 Å². The second kappa shape index (κ2) is 6.45. The molecule has 0 heterocycles. The molecule has 4 heteroatoms. The number of ether oxygens (including phenoxy) is 2. The Morgan fingerprint density at radius 1 is 1.37 bits per heavy atom. The van der Waals surface area contributed by atoms with Crippen LogP contribution in [0.4, 0.5) is 0 Å². The highest BCUT2D eigenvalue weighted by Gasteiger charge is 2.28. The van der Waals surface area contributed by atoms with Crippen LogP contribution in [0.15, 0.2) is 24.3 Å². The van der Waals surface area contributed by atoms with E-state index in [2.05, 4.69) is 12.2 Å². The lowest BCUT2D eigenvalue weighted by Gasteiger charge is -2.13. The van der Waals surface area contributed by atoms with E-state index >= 15 is 0 Å². The van der Waals surface area contributed by atoms with E-state index in [0.717, 1.165) is 0 Å². The van der Waals surface area contributed by atoms with Gasteiger partial charge in [-0.25, -0.2) is 0 Å². The molecule has 1 saturated carbocycles. The highest BCUT2D eigenvalue weighted by atomic mass is 16.5. The van der Waals surface area contributed by atoms with Gasteiger partial charge in [0.1, 0.15) is 0 Å². The van der Waals surface area contributed by atoms with Crippen LogP contribution in [-0.2, 0) is 4.79 Å². The number of benzene rings is 1. The largest absolute Gasteiger partial charge is 0.493 e. The lowest BCUT2D eigenvalue weighted by atomic mass is 10.2. The number of carbonyl (C=O) groups is 1. The highest BCUT2D eigenvalue weighted by molar-refractivity contribution is 5.76. The molecule has 1 N–H and O–H groups in total. The van der Waals surface area contributed by atoms with Gasteiger partial charge in [0.25, 0.3) is 0 Å². The van der Waals surface area contributed by atoms with Crippen molar-refractivity contribution in [2.45, 2.75) is 32.2 Å². The lowest BCUT2D eigenvalue weighted by Crippen LogP contribution is -2.34. The van der Waals surface area contributed by atoms with Gasteiger partial charge in [0, 0.05) is 6.04 Å². The van der Waals surface area contributed by atoms with Crippen molar-refractivity contribution in [3.63, 3.8) is 0 Å². The number of hydrogen-bond donors (Lipinski definition) is 1. The van der Waals surface area contributed by atoms with Crippen LogP contribution < -0.4 is 14.8 Å². The van der Waals surface area contributed by atoms with E-state index in [1.54, 1.807) is 7.11 Å². The van der Waals surface area contributed by atoms with Crippen LogP contribution in [0.3, 0.4) is 0 Å². The van der Waals surface area contributed by atoms with Gasteiger partial charge in [0.05, 0.1) is 20.1 Å². The summed E-state index contributed by atoms with van der Waals surface area (Å²) in [5.74, 6) is 2.09. The first-order valence-corrected chi connectivity index (χ1v) is 6.76. The van der Waals surface area contributed by atoms with Crippen molar-refractivity contribution < 1.29 is 14.3 Å². The fourth-order valence-corrected chi connectivity index (χ4v) is 2.03. The van der Waals surface area contributed by atoms with Crippen LogP contribution in [0.1, 0.15) is 26.2 Å². The van der Waals surface area contributed by atoms with Gasteiger partial charge in [-0.15, -0.1) is 0 Å². The van der Waals surface area contributed by atoms with Gasteiger partial charge in [0.2, 0.25) is 5.91 Å². The molecule has 1 fully saturated rings. The maximum absolute atomic E-state index is 11.7. The van der Waals surface area contributed by atoms with Crippen molar-refractivity contribution in [3.8, 4) is 11.5 Å². The number of para-hydroxylation sites is 2. The Morgan fingerprint density at radius 2 is 2.05 bits per heavy atom. The Labute approximate surface area is 114 Å². The molecule has 4 nitrogen and oxygen atoms in total. The van der Waals surface area contributed by atoms with Gasteiger partial charge in [0.15, 0.2) is 11.5 Å². The summed E-state index contributed by atoms with van der Waals surface area (Å²) >= 11 is 0. The Balaban J connectivity index is 1.71. The smallest absolute Gasteiger partial charge is 0.223 e. The second-order valence-electron chi connectivity index (χ2n) is 4.94. The fourth-order valence-electron chi connectivity index (χ4n) is 2.03. The monoisotopic (exact) mass is 263 g/mol. The quantitative estimate of drug-likeness (QED) is 0.821. The van der Waals surface area contributed by atoms with Gasteiger partial charge in [-0.3, -0.25) is 4.79 Å². The van der Waals surface area contributed by atoms with Crippen molar-refractivity contribution in [1.29, 1.82) is 0 Å². The minimum Gasteiger partial charge on any atom is -0.493 e. The summed E-state index contributed by atoms with van der Waals surface area (Å²) in [6.07, 6.45) is 2.84. The topological polar surface area (TPSA) is 47.6 Å². The minimum absolute atomic E-state index is 0.0503. The van der Waals surface area contributed by atoms with Crippen molar-refractivity contribution in [3.05, 3.63) is 24.3 Å². The average molecular weight is 263 g/mol. The minimum atomic E-state index is 0.0503. The van der Waals surface area contributed by atoms with Gasteiger partial charge in [-0.2, -0.15) is 0 Å². The number of amides is 1. The van der Waals surface area contributed by atoms with Crippen molar-refractivity contribution in [1.82, 2.24) is 5.32 Å². The summed E-state index contributed by atoms with van der Waals surface area (Å²) in [5.41, 5.74) is 0. The third-order valence-electron chi connectivity index (χ3n) is 3.37. The third-order valence-corrected chi connectivity index (χ3v) is 3.37. The molecule has 1 amide bonds. The number of methoxy groups -OCH3 is 1. The van der Waals surface area contributed by atoms with Gasteiger partial charge >= 0.3 is 0 Å². The highest BCUT2D eigenvalue weighted by Crippen LogP contribution is 2.32. The molecule has 19 heavy (non-hydrogen) atoms. The van der Waals surface area contributed by atoms with E-state index in [1.807, 2.05) is 24.3 Å². The van der Waals surface area contributed by atoms with E-state index in [0.29, 0.717) is 36.5 Å². The molecule has 0 bridgehead atoms. The molecule has 0 spiro atoms. The molecule has 1 atom stereocenters. The summed E-state index contributed by atoms with van der Waals surface area (Å²) in [5, 5.41) is 3.01. The summed E-state index contributed by atoms with van der Waals surface area (Å²) in [6.45, 7) is 2.43. The molecule has 0 saturated heterocycles. The molecule has 0 aromatic heterocycles. The number of rotatable bonds is 7.